The van der Waals surface area contributed by atoms with Crippen molar-refractivity contribution in [1.29, 1.82) is 0 Å². The lowest BCUT2D eigenvalue weighted by Gasteiger charge is -2.21. The molecule has 0 radical (unpaired) electrons. The lowest BCUT2D eigenvalue weighted by Crippen LogP contribution is -2.15. The molecular formula is C24H24FNO2. The lowest BCUT2D eigenvalue weighted by atomic mass is 9.88. The molecule has 0 atom stereocenters. The molecule has 3 rings (SSSR count). The Labute approximate surface area is 165 Å². The second-order valence-corrected chi connectivity index (χ2v) is 6.97. The molecule has 0 amide bonds. The van der Waals surface area contributed by atoms with Gasteiger partial charge < -0.3 is 4.74 Å². The molecule has 1 heterocycles. The van der Waals surface area contributed by atoms with Crippen LogP contribution < -0.4 is 0 Å². The van der Waals surface area contributed by atoms with E-state index in [4.69, 9.17) is 9.72 Å². The molecule has 0 aliphatic rings. The van der Waals surface area contributed by atoms with Gasteiger partial charge in [0.2, 0.25) is 0 Å². The monoisotopic (exact) mass is 377 g/mol. The van der Waals surface area contributed by atoms with Crippen LogP contribution in [0.1, 0.15) is 48.3 Å². The van der Waals surface area contributed by atoms with Crippen molar-refractivity contribution in [3.63, 3.8) is 0 Å². The number of pyridine rings is 1. The molecule has 0 bridgehead atoms. The van der Waals surface area contributed by atoms with Crippen molar-refractivity contribution >= 4 is 5.97 Å². The molecule has 4 heteroatoms. The summed E-state index contributed by atoms with van der Waals surface area (Å²) in [6.07, 6.45) is 0. The second kappa shape index (κ2) is 8.34. The average molecular weight is 377 g/mol. The zero-order chi connectivity index (χ0) is 20.3. The van der Waals surface area contributed by atoms with Crippen LogP contribution in [0.15, 0.2) is 54.6 Å². The number of carbonyl (C=O) groups excluding carboxylic acids is 1. The molecule has 3 aromatic rings. The summed E-state index contributed by atoms with van der Waals surface area (Å²) in [5.41, 5.74) is 5.31. The van der Waals surface area contributed by atoms with Gasteiger partial charge in [-0.2, -0.15) is 0 Å². The minimum Gasteiger partial charge on any atom is -0.462 e. The zero-order valence-corrected chi connectivity index (χ0v) is 16.6. The van der Waals surface area contributed by atoms with Crippen molar-refractivity contribution in [2.24, 2.45) is 0 Å². The van der Waals surface area contributed by atoms with Gasteiger partial charge in [0.25, 0.3) is 0 Å². The van der Waals surface area contributed by atoms with E-state index in [-0.39, 0.29) is 18.3 Å². The summed E-state index contributed by atoms with van der Waals surface area (Å²) in [6.45, 7) is 8.01. The number of aromatic nitrogens is 1. The Balaban J connectivity index is 2.39. The predicted octanol–water partition coefficient (Wildman–Crippen LogP) is 6.16. The third kappa shape index (κ3) is 3.81. The normalized spacial score (nSPS) is 10.9. The van der Waals surface area contributed by atoms with Crippen LogP contribution in [0.4, 0.5) is 4.39 Å². The highest BCUT2D eigenvalue weighted by molar-refractivity contribution is 6.00. The van der Waals surface area contributed by atoms with Crippen LogP contribution in [-0.4, -0.2) is 17.6 Å². The number of nitrogens with zero attached hydrogens (tertiary/aromatic N) is 1. The van der Waals surface area contributed by atoms with E-state index in [1.165, 1.54) is 12.1 Å². The fraction of sp³-hybridized carbons (Fsp3) is 0.250. The van der Waals surface area contributed by atoms with Gasteiger partial charge in [0, 0.05) is 11.1 Å². The van der Waals surface area contributed by atoms with E-state index < -0.39 is 5.97 Å². The van der Waals surface area contributed by atoms with Crippen LogP contribution in [0, 0.1) is 12.7 Å². The van der Waals surface area contributed by atoms with Crippen molar-refractivity contribution in [3.05, 3.63) is 77.2 Å². The van der Waals surface area contributed by atoms with Gasteiger partial charge in [-0.15, -0.1) is 0 Å². The van der Waals surface area contributed by atoms with Crippen LogP contribution in [0.2, 0.25) is 0 Å². The van der Waals surface area contributed by atoms with Crippen molar-refractivity contribution in [1.82, 2.24) is 4.98 Å². The van der Waals surface area contributed by atoms with Crippen LogP contribution in [-0.2, 0) is 4.74 Å². The summed E-state index contributed by atoms with van der Waals surface area (Å²) in [5.74, 6) is -0.706. The molecule has 0 aliphatic heterocycles. The number of halogens is 1. The highest BCUT2D eigenvalue weighted by atomic mass is 19.1. The fourth-order valence-electron chi connectivity index (χ4n) is 3.38. The summed E-state index contributed by atoms with van der Waals surface area (Å²) in [5, 5.41) is 0. The Morgan fingerprint density at radius 3 is 2.25 bits per heavy atom. The second-order valence-electron chi connectivity index (χ2n) is 6.97. The smallest absolute Gasteiger partial charge is 0.340 e. The van der Waals surface area contributed by atoms with Crippen LogP contribution in [0.3, 0.4) is 0 Å². The van der Waals surface area contributed by atoms with E-state index in [9.17, 15) is 9.18 Å². The van der Waals surface area contributed by atoms with E-state index in [0.717, 1.165) is 27.9 Å². The highest BCUT2D eigenvalue weighted by Crippen LogP contribution is 2.37. The number of benzene rings is 2. The molecule has 0 N–H and O–H groups in total. The fourth-order valence-corrected chi connectivity index (χ4v) is 3.38. The average Bonchev–Trinajstić information content (AvgIpc) is 2.69. The van der Waals surface area contributed by atoms with Crippen molar-refractivity contribution < 1.29 is 13.9 Å². The maximum Gasteiger partial charge on any atom is 0.340 e. The van der Waals surface area contributed by atoms with E-state index in [1.807, 2.05) is 51.1 Å². The van der Waals surface area contributed by atoms with Gasteiger partial charge in [0.05, 0.1) is 23.6 Å². The molecular weight excluding hydrogens is 353 g/mol. The third-order valence-electron chi connectivity index (χ3n) is 4.68. The summed E-state index contributed by atoms with van der Waals surface area (Å²) in [4.78, 5) is 17.8. The van der Waals surface area contributed by atoms with E-state index in [1.54, 1.807) is 19.1 Å². The molecule has 0 saturated heterocycles. The first kappa shape index (κ1) is 19.7. The van der Waals surface area contributed by atoms with E-state index in [0.29, 0.717) is 11.3 Å². The van der Waals surface area contributed by atoms with Gasteiger partial charge in [-0.05, 0) is 43.0 Å². The third-order valence-corrected chi connectivity index (χ3v) is 4.68. The lowest BCUT2D eigenvalue weighted by molar-refractivity contribution is 0.0525. The number of ether oxygens (including phenoxy) is 1. The summed E-state index contributed by atoms with van der Waals surface area (Å²) in [7, 11) is 0. The molecule has 0 spiro atoms. The van der Waals surface area contributed by atoms with Gasteiger partial charge in [0.1, 0.15) is 5.82 Å². The van der Waals surface area contributed by atoms with Crippen LogP contribution in [0.5, 0.6) is 0 Å². The van der Waals surface area contributed by atoms with Crippen molar-refractivity contribution in [2.45, 2.75) is 33.6 Å². The number of esters is 1. The quantitative estimate of drug-likeness (QED) is 0.500. The molecule has 144 valence electrons. The van der Waals surface area contributed by atoms with Crippen molar-refractivity contribution in [3.8, 4) is 22.4 Å². The Morgan fingerprint density at radius 2 is 1.68 bits per heavy atom. The number of carbonyl (C=O) groups is 1. The molecule has 0 unspecified atom stereocenters. The first-order valence-electron chi connectivity index (χ1n) is 9.47. The predicted molar refractivity (Wildman–Crippen MR) is 110 cm³/mol. The Morgan fingerprint density at radius 1 is 1.04 bits per heavy atom. The van der Waals surface area contributed by atoms with Crippen LogP contribution in [0.25, 0.3) is 22.4 Å². The first-order chi connectivity index (χ1) is 13.4. The number of hydrogen-bond donors (Lipinski definition) is 0. The number of hydrogen-bond acceptors (Lipinski definition) is 3. The van der Waals surface area contributed by atoms with E-state index in [2.05, 4.69) is 0 Å². The van der Waals surface area contributed by atoms with Gasteiger partial charge in [-0.3, -0.25) is 4.98 Å². The molecule has 2 aromatic carbocycles. The minimum absolute atomic E-state index is 0.0154. The Kier molecular flexibility index (Phi) is 5.88. The SMILES string of the molecule is CCOC(=O)c1c(C(C)C)nc(-c2ccccc2)c(C)c1-c1ccc(F)cc1. The van der Waals surface area contributed by atoms with Crippen molar-refractivity contribution in [2.75, 3.05) is 6.61 Å². The summed E-state index contributed by atoms with van der Waals surface area (Å²) in [6, 6.07) is 16.1. The van der Waals surface area contributed by atoms with E-state index >= 15 is 0 Å². The largest absolute Gasteiger partial charge is 0.462 e. The molecule has 0 aliphatic carbocycles. The molecule has 3 nitrogen and oxygen atoms in total. The van der Waals surface area contributed by atoms with Gasteiger partial charge in [0.15, 0.2) is 0 Å². The topological polar surface area (TPSA) is 39.2 Å². The zero-order valence-electron chi connectivity index (χ0n) is 16.6. The highest BCUT2D eigenvalue weighted by Gasteiger charge is 2.26. The maximum atomic E-state index is 13.5. The first-order valence-corrected chi connectivity index (χ1v) is 9.47. The molecule has 28 heavy (non-hydrogen) atoms. The van der Waals surface area contributed by atoms with Gasteiger partial charge in [-0.1, -0.05) is 56.3 Å². The molecule has 0 fully saturated rings. The standard InChI is InChI=1S/C24H24FNO2/c1-5-28-24(27)21-20(17-11-13-19(25)14-12-17)16(4)23(26-22(21)15(2)3)18-9-7-6-8-10-18/h6-15H,5H2,1-4H3. The summed E-state index contributed by atoms with van der Waals surface area (Å²) >= 11 is 0. The minimum atomic E-state index is -0.402. The van der Waals surface area contributed by atoms with Crippen LogP contribution >= 0.6 is 0 Å². The van der Waals surface area contributed by atoms with Gasteiger partial charge in [-0.25, -0.2) is 9.18 Å². The number of rotatable bonds is 5. The maximum absolute atomic E-state index is 13.5. The molecule has 0 saturated carbocycles. The van der Waals surface area contributed by atoms with Gasteiger partial charge >= 0.3 is 5.97 Å². The Bertz CT molecular complexity index is 980. The Hall–Kier alpha value is -3.01. The molecule has 1 aromatic heterocycles. The summed E-state index contributed by atoms with van der Waals surface area (Å²) < 4.78 is 18.9.